The Hall–Kier alpha value is -0.830. The van der Waals surface area contributed by atoms with Crippen LogP contribution in [0, 0.1) is 11.8 Å². The number of allylic oxidation sites excluding steroid dienone is 2. The van der Waals surface area contributed by atoms with E-state index in [1.54, 1.807) is 6.20 Å². The zero-order valence-corrected chi connectivity index (χ0v) is 12.2. The molecule has 0 amide bonds. The molecule has 0 heterocycles. The Bertz CT molecular complexity index is 310. The molecule has 1 aliphatic rings. The molecule has 0 bridgehead atoms. The van der Waals surface area contributed by atoms with Crippen molar-refractivity contribution in [2.75, 3.05) is 20.6 Å². The maximum atomic E-state index is 13.9. The Morgan fingerprint density at radius 3 is 2.78 bits per heavy atom. The number of hydrogen-bond donors (Lipinski definition) is 1. The molecule has 0 radical (unpaired) electrons. The van der Waals surface area contributed by atoms with Crippen LogP contribution in [0.4, 0.5) is 4.39 Å². The van der Waals surface area contributed by atoms with E-state index in [1.807, 2.05) is 6.92 Å². The van der Waals surface area contributed by atoms with Gasteiger partial charge in [0.25, 0.3) is 0 Å². The normalized spacial score (nSPS) is 26.3. The van der Waals surface area contributed by atoms with Crippen molar-refractivity contribution in [3.8, 4) is 0 Å². The highest BCUT2D eigenvalue weighted by Gasteiger charge is 2.28. The molecule has 0 aromatic heterocycles. The van der Waals surface area contributed by atoms with Gasteiger partial charge < -0.3 is 10.2 Å². The summed E-state index contributed by atoms with van der Waals surface area (Å²) < 4.78 is 13.9. The number of halogens is 1. The molecule has 1 aliphatic carbocycles. The third-order valence-electron chi connectivity index (χ3n) is 3.67. The highest BCUT2D eigenvalue weighted by molar-refractivity contribution is 5.21. The van der Waals surface area contributed by atoms with Crippen molar-refractivity contribution in [3.63, 3.8) is 0 Å². The second-order valence-electron chi connectivity index (χ2n) is 5.77. The van der Waals surface area contributed by atoms with Gasteiger partial charge in [-0.1, -0.05) is 20.4 Å². The number of alkyl halides is 1. The predicted molar refractivity (Wildman–Crippen MR) is 76.0 cm³/mol. The maximum absolute atomic E-state index is 13.9. The van der Waals surface area contributed by atoms with Gasteiger partial charge in [0.2, 0.25) is 0 Å². The van der Waals surface area contributed by atoms with Gasteiger partial charge in [0.05, 0.1) is 0 Å². The molecule has 0 spiro atoms. The van der Waals surface area contributed by atoms with Crippen LogP contribution in [0.15, 0.2) is 24.0 Å². The van der Waals surface area contributed by atoms with Crippen LogP contribution in [0.1, 0.15) is 33.1 Å². The minimum absolute atomic E-state index is 0.0332. The topological polar surface area (TPSA) is 15.3 Å². The van der Waals surface area contributed by atoms with Crippen molar-refractivity contribution in [3.05, 3.63) is 24.0 Å². The van der Waals surface area contributed by atoms with Crippen LogP contribution >= 0.6 is 0 Å². The third-order valence-corrected chi connectivity index (χ3v) is 3.67. The lowest BCUT2D eigenvalue weighted by molar-refractivity contribution is 0.225. The van der Waals surface area contributed by atoms with E-state index >= 15 is 0 Å². The summed E-state index contributed by atoms with van der Waals surface area (Å²) in [7, 11) is 4.16. The lowest BCUT2D eigenvalue weighted by Gasteiger charge is -2.31. The Morgan fingerprint density at radius 1 is 1.56 bits per heavy atom. The lowest BCUT2D eigenvalue weighted by Crippen LogP contribution is -2.28. The first-order valence-electron chi connectivity index (χ1n) is 6.83. The first-order chi connectivity index (χ1) is 8.45. The molecular formula is C15H27FN2. The molecule has 3 heteroatoms. The van der Waals surface area contributed by atoms with Crippen molar-refractivity contribution in [2.24, 2.45) is 11.8 Å². The molecule has 0 aromatic rings. The van der Waals surface area contributed by atoms with Crippen molar-refractivity contribution in [1.29, 1.82) is 0 Å². The summed E-state index contributed by atoms with van der Waals surface area (Å²) in [6.07, 6.45) is 3.42. The van der Waals surface area contributed by atoms with Gasteiger partial charge in [0.1, 0.15) is 6.17 Å². The summed E-state index contributed by atoms with van der Waals surface area (Å²) in [5.74, 6) is 0.579. The highest BCUT2D eigenvalue weighted by Crippen LogP contribution is 2.34. The van der Waals surface area contributed by atoms with Crippen LogP contribution in [-0.4, -0.2) is 31.7 Å². The second kappa shape index (κ2) is 6.93. The fourth-order valence-corrected chi connectivity index (χ4v) is 2.85. The summed E-state index contributed by atoms with van der Waals surface area (Å²) in [5.41, 5.74) is 2.44. The van der Waals surface area contributed by atoms with Gasteiger partial charge in [-0.15, -0.1) is 0 Å². The number of nitrogens with one attached hydrogen (secondary N) is 1. The minimum Gasteiger partial charge on any atom is -0.366 e. The molecule has 1 rings (SSSR count). The van der Waals surface area contributed by atoms with Crippen LogP contribution in [0.5, 0.6) is 0 Å². The fraction of sp³-hybridized carbons (Fsp3) is 0.733. The van der Waals surface area contributed by atoms with E-state index in [1.165, 1.54) is 11.3 Å². The summed E-state index contributed by atoms with van der Waals surface area (Å²) >= 11 is 0. The quantitative estimate of drug-likeness (QED) is 0.782. The van der Waals surface area contributed by atoms with Crippen molar-refractivity contribution in [1.82, 2.24) is 10.2 Å². The second-order valence-corrected chi connectivity index (χ2v) is 5.77. The molecule has 0 saturated heterocycles. The lowest BCUT2D eigenvalue weighted by atomic mass is 9.81. The van der Waals surface area contributed by atoms with Crippen LogP contribution in [0.2, 0.25) is 0 Å². The van der Waals surface area contributed by atoms with Gasteiger partial charge in [-0.2, -0.15) is 0 Å². The van der Waals surface area contributed by atoms with E-state index in [0.29, 0.717) is 12.3 Å². The summed E-state index contributed by atoms with van der Waals surface area (Å²) in [5, 5.41) is 3.21. The summed E-state index contributed by atoms with van der Waals surface area (Å²) in [4.78, 5) is 2.19. The number of rotatable bonds is 6. The standard InChI is InChI=1S/C15H27FN2/c1-6-17-15-8-7-14(16)12(3)13(15)9-11(2)10-18(4)5/h6,11-12,14,17H,1,7-10H2,2-5H3. The van der Waals surface area contributed by atoms with Gasteiger partial charge in [-0.05, 0) is 51.0 Å². The van der Waals surface area contributed by atoms with Crippen LogP contribution in [-0.2, 0) is 0 Å². The van der Waals surface area contributed by atoms with E-state index in [0.717, 1.165) is 19.4 Å². The Balaban J connectivity index is 2.79. The molecule has 1 N–H and O–H groups in total. The molecule has 0 fully saturated rings. The Labute approximate surface area is 111 Å². The molecule has 0 aliphatic heterocycles. The first-order valence-corrected chi connectivity index (χ1v) is 6.83. The first kappa shape index (κ1) is 15.2. The number of nitrogens with zero attached hydrogens (tertiary/aromatic N) is 1. The molecule has 0 aromatic carbocycles. The smallest absolute Gasteiger partial charge is 0.107 e. The molecule has 104 valence electrons. The van der Waals surface area contributed by atoms with Crippen LogP contribution in [0.25, 0.3) is 0 Å². The van der Waals surface area contributed by atoms with E-state index in [2.05, 4.69) is 37.8 Å². The van der Waals surface area contributed by atoms with Crippen molar-refractivity contribution in [2.45, 2.75) is 39.3 Å². The van der Waals surface area contributed by atoms with Crippen LogP contribution < -0.4 is 5.32 Å². The van der Waals surface area contributed by atoms with Gasteiger partial charge >= 0.3 is 0 Å². The largest absolute Gasteiger partial charge is 0.366 e. The fourth-order valence-electron chi connectivity index (χ4n) is 2.85. The average molecular weight is 254 g/mol. The zero-order valence-electron chi connectivity index (χ0n) is 12.2. The number of hydrogen-bond acceptors (Lipinski definition) is 2. The minimum atomic E-state index is -0.693. The third kappa shape index (κ3) is 4.13. The molecular weight excluding hydrogens is 227 g/mol. The monoisotopic (exact) mass is 254 g/mol. The zero-order chi connectivity index (χ0) is 13.7. The molecule has 3 unspecified atom stereocenters. The molecule has 3 atom stereocenters. The highest BCUT2D eigenvalue weighted by atomic mass is 19.1. The SMILES string of the molecule is C=CNC1=C(CC(C)CN(C)C)C(C)C(F)CC1. The van der Waals surface area contributed by atoms with Crippen molar-refractivity contribution < 1.29 is 4.39 Å². The van der Waals surface area contributed by atoms with E-state index < -0.39 is 6.17 Å². The van der Waals surface area contributed by atoms with Gasteiger partial charge in [-0.25, -0.2) is 4.39 Å². The Morgan fingerprint density at radius 2 is 2.22 bits per heavy atom. The van der Waals surface area contributed by atoms with Gasteiger partial charge in [-0.3, -0.25) is 0 Å². The maximum Gasteiger partial charge on any atom is 0.107 e. The van der Waals surface area contributed by atoms with E-state index in [9.17, 15) is 4.39 Å². The van der Waals surface area contributed by atoms with E-state index in [4.69, 9.17) is 0 Å². The van der Waals surface area contributed by atoms with Gasteiger partial charge in [0, 0.05) is 18.2 Å². The molecule has 18 heavy (non-hydrogen) atoms. The van der Waals surface area contributed by atoms with Crippen molar-refractivity contribution >= 4 is 0 Å². The average Bonchev–Trinajstić information content (AvgIpc) is 2.28. The van der Waals surface area contributed by atoms with Crippen LogP contribution in [0.3, 0.4) is 0 Å². The predicted octanol–water partition coefficient (Wildman–Crippen LogP) is 3.33. The summed E-state index contributed by atoms with van der Waals surface area (Å²) in [6.45, 7) is 8.99. The Kier molecular flexibility index (Phi) is 5.86. The molecule has 2 nitrogen and oxygen atoms in total. The van der Waals surface area contributed by atoms with Gasteiger partial charge in [0.15, 0.2) is 0 Å². The van der Waals surface area contributed by atoms with E-state index in [-0.39, 0.29) is 5.92 Å². The molecule has 0 saturated carbocycles. The summed E-state index contributed by atoms with van der Waals surface area (Å²) in [6, 6.07) is 0.